The maximum absolute atomic E-state index is 5.68. The largest absolute Gasteiger partial charge is 0.493 e. The molecule has 0 spiro atoms. The molecular weight excluding hydrogens is 266 g/mol. The molecule has 1 saturated heterocycles. The highest BCUT2D eigenvalue weighted by Crippen LogP contribution is 2.25. The van der Waals surface area contributed by atoms with Gasteiger partial charge in [-0.2, -0.15) is 0 Å². The Hall–Kier alpha value is -1.26. The van der Waals surface area contributed by atoms with Crippen LogP contribution in [0.15, 0.2) is 24.3 Å². The third kappa shape index (κ3) is 5.56. The lowest BCUT2D eigenvalue weighted by Gasteiger charge is -2.27. The number of methoxy groups -OCH3 is 1. The van der Waals surface area contributed by atoms with Crippen molar-refractivity contribution in [1.82, 2.24) is 0 Å². The zero-order valence-electron chi connectivity index (χ0n) is 13.3. The lowest BCUT2D eigenvalue weighted by atomic mass is 10.0. The van der Waals surface area contributed by atoms with Crippen molar-refractivity contribution in [3.8, 4) is 11.5 Å². The maximum atomic E-state index is 5.68. The minimum absolute atomic E-state index is 0.562. The molecule has 1 aliphatic rings. The van der Waals surface area contributed by atoms with Crippen LogP contribution >= 0.6 is 0 Å². The van der Waals surface area contributed by atoms with Crippen LogP contribution in [0, 0.1) is 5.92 Å². The summed E-state index contributed by atoms with van der Waals surface area (Å²) >= 11 is 0. The van der Waals surface area contributed by atoms with E-state index in [9.17, 15) is 0 Å². The Morgan fingerprint density at radius 2 is 1.95 bits per heavy atom. The Balaban J connectivity index is 1.56. The van der Waals surface area contributed by atoms with Crippen LogP contribution in [-0.2, 0) is 4.74 Å². The van der Waals surface area contributed by atoms with Gasteiger partial charge in [-0.25, -0.2) is 0 Å². The van der Waals surface area contributed by atoms with E-state index < -0.39 is 0 Å². The molecule has 4 heteroatoms. The molecule has 1 aromatic rings. The van der Waals surface area contributed by atoms with Crippen molar-refractivity contribution in [2.45, 2.75) is 19.8 Å². The van der Waals surface area contributed by atoms with Crippen molar-refractivity contribution in [1.29, 1.82) is 0 Å². The summed E-state index contributed by atoms with van der Waals surface area (Å²) in [7, 11) is 1.65. The van der Waals surface area contributed by atoms with Gasteiger partial charge in [0.25, 0.3) is 0 Å². The Morgan fingerprint density at radius 1 is 1.14 bits per heavy atom. The maximum Gasteiger partial charge on any atom is 0.161 e. The van der Waals surface area contributed by atoms with E-state index in [1.165, 1.54) is 25.9 Å². The summed E-state index contributed by atoms with van der Waals surface area (Å²) in [4.78, 5) is 1.68. The molecule has 1 aliphatic heterocycles. The molecule has 2 atom stereocenters. The van der Waals surface area contributed by atoms with Crippen molar-refractivity contribution in [3.63, 3.8) is 0 Å². The molecule has 0 saturated carbocycles. The van der Waals surface area contributed by atoms with Gasteiger partial charge in [0.2, 0.25) is 0 Å². The van der Waals surface area contributed by atoms with Gasteiger partial charge in [-0.05, 0) is 25.0 Å². The third-order valence-electron chi connectivity index (χ3n) is 4.02. The molecule has 1 fully saturated rings. The number of likely N-dealkylation sites (tertiary alicyclic amines) is 1. The van der Waals surface area contributed by atoms with E-state index in [2.05, 4.69) is 6.92 Å². The highest BCUT2D eigenvalue weighted by molar-refractivity contribution is 5.39. The van der Waals surface area contributed by atoms with Gasteiger partial charge in [0, 0.05) is 5.92 Å². The van der Waals surface area contributed by atoms with Crippen LogP contribution in [0.25, 0.3) is 0 Å². The number of ether oxygens (including phenoxy) is 3. The van der Waals surface area contributed by atoms with E-state index in [-0.39, 0.29) is 0 Å². The van der Waals surface area contributed by atoms with Gasteiger partial charge in [-0.15, -0.1) is 0 Å². The normalized spacial score (nSPS) is 22.0. The average Bonchev–Trinajstić information content (AvgIpc) is 2.51. The summed E-state index contributed by atoms with van der Waals surface area (Å²) in [5.74, 6) is 2.41. The second-order valence-corrected chi connectivity index (χ2v) is 5.81. The summed E-state index contributed by atoms with van der Waals surface area (Å²) in [6, 6.07) is 7.69. The molecular formula is C17H28NO3+. The quantitative estimate of drug-likeness (QED) is 0.736. The molecule has 1 N–H and O–H groups in total. The summed E-state index contributed by atoms with van der Waals surface area (Å²) in [5.41, 5.74) is 0. The predicted molar refractivity (Wildman–Crippen MR) is 83.3 cm³/mol. The fraction of sp³-hybridized carbons (Fsp3) is 0.647. The van der Waals surface area contributed by atoms with E-state index >= 15 is 0 Å². The molecule has 1 heterocycles. The molecule has 118 valence electrons. The average molecular weight is 294 g/mol. The number of para-hydroxylation sites is 2. The monoisotopic (exact) mass is 294 g/mol. The zero-order chi connectivity index (χ0) is 14.9. The van der Waals surface area contributed by atoms with Gasteiger partial charge in [-0.1, -0.05) is 19.1 Å². The molecule has 0 amide bonds. The van der Waals surface area contributed by atoms with Gasteiger partial charge in [-0.3, -0.25) is 0 Å². The van der Waals surface area contributed by atoms with Crippen molar-refractivity contribution < 1.29 is 19.1 Å². The molecule has 0 radical (unpaired) electrons. The van der Waals surface area contributed by atoms with Gasteiger partial charge in [0.05, 0.1) is 33.4 Å². The van der Waals surface area contributed by atoms with Crippen LogP contribution in [0.4, 0.5) is 0 Å². The SMILES string of the molecule is COc1ccccc1OCCOCC[NH+]1CCC[C@@H](C)C1. The number of hydrogen-bond donors (Lipinski definition) is 1. The van der Waals surface area contributed by atoms with Crippen molar-refractivity contribution in [2.75, 3.05) is 46.6 Å². The summed E-state index contributed by atoms with van der Waals surface area (Å²) < 4.78 is 16.6. The molecule has 4 nitrogen and oxygen atoms in total. The van der Waals surface area contributed by atoms with E-state index in [1.807, 2.05) is 24.3 Å². The Bertz CT molecular complexity index is 411. The van der Waals surface area contributed by atoms with Crippen LogP contribution in [0.5, 0.6) is 11.5 Å². The van der Waals surface area contributed by atoms with E-state index in [0.717, 1.165) is 30.6 Å². The van der Waals surface area contributed by atoms with Gasteiger partial charge in [0.1, 0.15) is 13.2 Å². The zero-order valence-corrected chi connectivity index (χ0v) is 13.3. The number of rotatable bonds is 8. The van der Waals surface area contributed by atoms with Crippen LogP contribution in [0.3, 0.4) is 0 Å². The molecule has 0 aromatic heterocycles. The molecule has 1 unspecified atom stereocenters. The number of hydrogen-bond acceptors (Lipinski definition) is 3. The first-order valence-corrected chi connectivity index (χ1v) is 7.96. The van der Waals surface area contributed by atoms with Gasteiger partial charge < -0.3 is 19.1 Å². The molecule has 0 bridgehead atoms. The van der Waals surface area contributed by atoms with Crippen molar-refractivity contribution >= 4 is 0 Å². The van der Waals surface area contributed by atoms with Gasteiger partial charge >= 0.3 is 0 Å². The number of benzene rings is 1. The first-order valence-electron chi connectivity index (χ1n) is 7.96. The lowest BCUT2D eigenvalue weighted by Crippen LogP contribution is -3.14. The molecule has 0 aliphatic carbocycles. The first kappa shape index (κ1) is 16.1. The fourth-order valence-corrected chi connectivity index (χ4v) is 2.89. The minimum Gasteiger partial charge on any atom is -0.493 e. The topological polar surface area (TPSA) is 32.1 Å². The third-order valence-corrected chi connectivity index (χ3v) is 4.02. The number of piperidine rings is 1. The highest BCUT2D eigenvalue weighted by Gasteiger charge is 2.18. The molecule has 1 aromatic carbocycles. The van der Waals surface area contributed by atoms with E-state index in [1.54, 1.807) is 12.0 Å². The predicted octanol–water partition coefficient (Wildman–Crippen LogP) is 1.41. The van der Waals surface area contributed by atoms with Crippen LogP contribution in [0.1, 0.15) is 19.8 Å². The highest BCUT2D eigenvalue weighted by atomic mass is 16.5. The fourth-order valence-electron chi connectivity index (χ4n) is 2.89. The van der Waals surface area contributed by atoms with E-state index in [0.29, 0.717) is 13.2 Å². The standard InChI is InChI=1S/C17H27NO3/c1-15-6-5-9-18(14-15)10-11-20-12-13-21-17-8-4-3-7-16(17)19-2/h3-4,7-8,15H,5-6,9-14H2,1-2H3/p+1/t15-/m1/s1. The van der Waals surface area contributed by atoms with Crippen molar-refractivity contribution in [3.05, 3.63) is 24.3 Å². The first-order chi connectivity index (χ1) is 10.3. The Morgan fingerprint density at radius 3 is 2.71 bits per heavy atom. The summed E-state index contributed by atoms with van der Waals surface area (Å²) in [6.45, 7) is 8.05. The number of nitrogens with one attached hydrogen (secondary N) is 1. The minimum atomic E-state index is 0.562. The van der Waals surface area contributed by atoms with Gasteiger partial charge in [0.15, 0.2) is 11.5 Å². The molecule has 2 rings (SSSR count). The summed E-state index contributed by atoms with van der Waals surface area (Å²) in [6.07, 6.45) is 2.74. The Labute approximate surface area is 128 Å². The second kappa shape index (κ2) is 8.90. The van der Waals surface area contributed by atoms with E-state index in [4.69, 9.17) is 14.2 Å². The Kier molecular flexibility index (Phi) is 6.83. The smallest absolute Gasteiger partial charge is 0.161 e. The van der Waals surface area contributed by atoms with Crippen LogP contribution in [0.2, 0.25) is 0 Å². The second-order valence-electron chi connectivity index (χ2n) is 5.81. The lowest BCUT2D eigenvalue weighted by molar-refractivity contribution is -0.908. The van der Waals surface area contributed by atoms with Crippen LogP contribution < -0.4 is 14.4 Å². The molecule has 21 heavy (non-hydrogen) atoms. The summed E-state index contributed by atoms with van der Waals surface area (Å²) in [5, 5.41) is 0. The van der Waals surface area contributed by atoms with Crippen LogP contribution in [-0.4, -0.2) is 46.6 Å². The number of quaternary nitrogens is 1. The van der Waals surface area contributed by atoms with Crippen molar-refractivity contribution in [2.24, 2.45) is 5.92 Å².